The normalized spacial score (nSPS) is 15.7. The van der Waals surface area contributed by atoms with E-state index in [1.54, 1.807) is 7.11 Å². The van der Waals surface area contributed by atoms with E-state index in [9.17, 15) is 0 Å². The van der Waals surface area contributed by atoms with Crippen LogP contribution in [0.3, 0.4) is 0 Å². The van der Waals surface area contributed by atoms with Gasteiger partial charge >= 0.3 is 0 Å². The number of hydrogen-bond donors (Lipinski definition) is 1. The van der Waals surface area contributed by atoms with Crippen molar-refractivity contribution in [3.63, 3.8) is 0 Å². The van der Waals surface area contributed by atoms with Crippen LogP contribution in [0, 0.1) is 0 Å². The Bertz CT molecular complexity index is 661. The third-order valence-corrected chi connectivity index (χ3v) is 4.66. The second kappa shape index (κ2) is 7.41. The lowest BCUT2D eigenvalue weighted by Crippen LogP contribution is -2.42. The van der Waals surface area contributed by atoms with E-state index in [1.807, 2.05) is 53.0 Å². The highest BCUT2D eigenvalue weighted by Gasteiger charge is 2.12. The maximum Gasteiger partial charge on any atom is 0.191 e. The van der Waals surface area contributed by atoms with Gasteiger partial charge in [0.05, 0.1) is 25.0 Å². The molecule has 0 spiro atoms. The van der Waals surface area contributed by atoms with E-state index >= 15 is 0 Å². The summed E-state index contributed by atoms with van der Waals surface area (Å²) in [7, 11) is 1.66. The first-order valence-electron chi connectivity index (χ1n) is 7.58. The maximum absolute atomic E-state index is 6.06. The van der Waals surface area contributed by atoms with Crippen molar-refractivity contribution < 1.29 is 4.74 Å². The first-order chi connectivity index (χ1) is 11.3. The van der Waals surface area contributed by atoms with Crippen LogP contribution in [0.15, 0.2) is 41.5 Å². The summed E-state index contributed by atoms with van der Waals surface area (Å²) in [5.41, 5.74) is 7.95. The Balaban J connectivity index is 1.64. The number of nitrogens with two attached hydrogens (primary N) is 1. The van der Waals surface area contributed by atoms with Crippen LogP contribution in [0.4, 0.5) is 0 Å². The minimum Gasteiger partial charge on any atom is -0.497 e. The smallest absolute Gasteiger partial charge is 0.191 e. The molecule has 6 nitrogen and oxygen atoms in total. The van der Waals surface area contributed by atoms with E-state index in [-0.39, 0.29) is 0 Å². The lowest BCUT2D eigenvalue weighted by atomic mass is 10.3. The zero-order chi connectivity index (χ0) is 16.1. The molecule has 122 valence electrons. The number of guanidine groups is 1. The Hall–Kier alpha value is -2.15. The Morgan fingerprint density at radius 2 is 2.00 bits per heavy atom. The van der Waals surface area contributed by atoms with Crippen molar-refractivity contribution in [2.75, 3.05) is 31.7 Å². The molecule has 0 atom stereocenters. The van der Waals surface area contributed by atoms with E-state index < -0.39 is 0 Å². The van der Waals surface area contributed by atoms with Crippen molar-refractivity contribution in [2.24, 2.45) is 10.7 Å². The van der Waals surface area contributed by atoms with Crippen molar-refractivity contribution in [1.82, 2.24) is 14.7 Å². The lowest BCUT2D eigenvalue weighted by molar-refractivity contribution is 0.414. The molecule has 0 radical (unpaired) electrons. The number of ether oxygens (including phenoxy) is 1. The van der Waals surface area contributed by atoms with E-state index in [4.69, 9.17) is 10.5 Å². The summed E-state index contributed by atoms with van der Waals surface area (Å²) in [5.74, 6) is 3.67. The molecule has 0 aliphatic carbocycles. The fourth-order valence-corrected chi connectivity index (χ4v) is 3.28. The molecule has 1 aliphatic rings. The zero-order valence-corrected chi connectivity index (χ0v) is 14.0. The van der Waals surface area contributed by atoms with E-state index in [1.165, 1.54) is 0 Å². The van der Waals surface area contributed by atoms with Crippen molar-refractivity contribution in [1.29, 1.82) is 0 Å². The molecule has 1 fully saturated rings. The number of hydrogen-bond acceptors (Lipinski definition) is 4. The molecule has 1 aromatic heterocycles. The lowest BCUT2D eigenvalue weighted by Gasteiger charge is -2.27. The number of benzene rings is 1. The summed E-state index contributed by atoms with van der Waals surface area (Å²) >= 11 is 1.96. The summed E-state index contributed by atoms with van der Waals surface area (Å²) < 4.78 is 7.00. The van der Waals surface area contributed by atoms with Gasteiger partial charge in [-0.05, 0) is 30.3 Å². The van der Waals surface area contributed by atoms with Crippen LogP contribution in [-0.2, 0) is 6.54 Å². The van der Waals surface area contributed by atoms with Gasteiger partial charge < -0.3 is 15.4 Å². The molecule has 0 bridgehead atoms. The van der Waals surface area contributed by atoms with Gasteiger partial charge in [-0.15, -0.1) is 0 Å². The van der Waals surface area contributed by atoms with Crippen LogP contribution < -0.4 is 10.5 Å². The first kappa shape index (κ1) is 15.7. The molecule has 2 heterocycles. The van der Waals surface area contributed by atoms with Crippen LogP contribution in [0.1, 0.15) is 5.69 Å². The highest BCUT2D eigenvalue weighted by Crippen LogP contribution is 2.15. The monoisotopic (exact) mass is 331 g/mol. The van der Waals surface area contributed by atoms with Crippen molar-refractivity contribution >= 4 is 17.7 Å². The maximum atomic E-state index is 6.06. The van der Waals surface area contributed by atoms with Gasteiger partial charge in [0.2, 0.25) is 0 Å². The van der Waals surface area contributed by atoms with Gasteiger partial charge in [0.15, 0.2) is 5.96 Å². The second-order valence-electron chi connectivity index (χ2n) is 5.22. The van der Waals surface area contributed by atoms with Gasteiger partial charge in [-0.3, -0.25) is 0 Å². The molecular formula is C16H21N5OS. The number of nitrogens with zero attached hydrogens (tertiary/aromatic N) is 4. The number of aliphatic imine (C=N–C) groups is 1. The summed E-state index contributed by atoms with van der Waals surface area (Å²) in [6.07, 6.45) is 1.93. The molecule has 23 heavy (non-hydrogen) atoms. The van der Waals surface area contributed by atoms with Crippen LogP contribution >= 0.6 is 11.8 Å². The Morgan fingerprint density at radius 3 is 2.70 bits per heavy atom. The summed E-state index contributed by atoms with van der Waals surface area (Å²) in [4.78, 5) is 6.60. The SMILES string of the molecule is COc1ccc(-n2ccc(CN=C(N)N3CCSCC3)n2)cc1. The van der Waals surface area contributed by atoms with Crippen LogP contribution in [-0.4, -0.2) is 52.3 Å². The van der Waals surface area contributed by atoms with Crippen LogP contribution in [0.2, 0.25) is 0 Å². The number of rotatable bonds is 4. The van der Waals surface area contributed by atoms with Crippen LogP contribution in [0.25, 0.3) is 5.69 Å². The Labute approximate surface area is 140 Å². The standard InChI is InChI=1S/C16H21N5OS/c1-22-15-4-2-14(3-5-15)21-7-6-13(19-21)12-18-16(17)20-8-10-23-11-9-20/h2-7H,8-12H2,1H3,(H2,17,18). The average Bonchev–Trinajstić information content (AvgIpc) is 3.09. The molecular weight excluding hydrogens is 310 g/mol. The fraction of sp³-hybridized carbons (Fsp3) is 0.375. The summed E-state index contributed by atoms with van der Waals surface area (Å²) in [6, 6.07) is 9.74. The Kier molecular flexibility index (Phi) is 5.07. The molecule has 1 saturated heterocycles. The molecule has 1 aliphatic heterocycles. The molecule has 7 heteroatoms. The van der Waals surface area contributed by atoms with Crippen molar-refractivity contribution in [3.8, 4) is 11.4 Å². The minimum atomic E-state index is 0.499. The van der Waals surface area contributed by atoms with Crippen LogP contribution in [0.5, 0.6) is 5.75 Å². The predicted molar refractivity (Wildman–Crippen MR) is 94.3 cm³/mol. The largest absolute Gasteiger partial charge is 0.497 e. The third-order valence-electron chi connectivity index (χ3n) is 3.72. The van der Waals surface area contributed by atoms with Gasteiger partial charge in [0, 0.05) is 30.8 Å². The molecule has 0 saturated carbocycles. The fourth-order valence-electron chi connectivity index (χ4n) is 2.38. The van der Waals surface area contributed by atoms with E-state index in [0.29, 0.717) is 12.5 Å². The molecule has 0 unspecified atom stereocenters. The zero-order valence-electron chi connectivity index (χ0n) is 13.2. The van der Waals surface area contributed by atoms with Crippen molar-refractivity contribution in [2.45, 2.75) is 6.54 Å². The van der Waals surface area contributed by atoms with Gasteiger partial charge in [-0.2, -0.15) is 16.9 Å². The van der Waals surface area contributed by atoms with Gasteiger partial charge in [0.25, 0.3) is 0 Å². The topological polar surface area (TPSA) is 68.7 Å². The first-order valence-corrected chi connectivity index (χ1v) is 8.73. The molecule has 0 amide bonds. The molecule has 2 aromatic rings. The number of aromatic nitrogens is 2. The van der Waals surface area contributed by atoms with Gasteiger partial charge in [-0.25, -0.2) is 9.67 Å². The minimum absolute atomic E-state index is 0.499. The van der Waals surface area contributed by atoms with E-state index in [0.717, 1.165) is 41.7 Å². The average molecular weight is 331 g/mol. The second-order valence-corrected chi connectivity index (χ2v) is 6.45. The predicted octanol–water partition coefficient (Wildman–Crippen LogP) is 1.74. The molecule has 1 aromatic carbocycles. The van der Waals surface area contributed by atoms with Crippen molar-refractivity contribution in [3.05, 3.63) is 42.2 Å². The molecule has 2 N–H and O–H groups in total. The number of thioether (sulfide) groups is 1. The van der Waals surface area contributed by atoms with E-state index in [2.05, 4.69) is 15.0 Å². The summed E-state index contributed by atoms with van der Waals surface area (Å²) in [5, 5.41) is 4.54. The molecule has 3 rings (SSSR count). The van der Waals surface area contributed by atoms with Gasteiger partial charge in [-0.1, -0.05) is 0 Å². The quantitative estimate of drug-likeness (QED) is 0.683. The Morgan fingerprint density at radius 1 is 1.26 bits per heavy atom. The van der Waals surface area contributed by atoms with Gasteiger partial charge in [0.1, 0.15) is 5.75 Å². The highest BCUT2D eigenvalue weighted by molar-refractivity contribution is 7.99. The summed E-state index contributed by atoms with van der Waals surface area (Å²) in [6.45, 7) is 2.44. The third kappa shape index (κ3) is 3.98. The highest BCUT2D eigenvalue weighted by atomic mass is 32.2. The number of methoxy groups -OCH3 is 1.